The Balaban J connectivity index is 1.36. The van der Waals surface area contributed by atoms with Gasteiger partial charge in [0.2, 0.25) is 0 Å². The SMILES string of the molecule is O=C(c1cnc(N2CCN(c3ccccn3)CC2)cn1)N1CCCCC1. The van der Waals surface area contributed by atoms with Crippen molar-refractivity contribution in [3.05, 3.63) is 42.5 Å². The van der Waals surface area contributed by atoms with Gasteiger partial charge in [0.25, 0.3) is 5.91 Å². The van der Waals surface area contributed by atoms with Crippen molar-refractivity contribution in [2.24, 2.45) is 0 Å². The molecule has 0 aromatic carbocycles. The number of piperidine rings is 1. The number of anilines is 2. The Morgan fingerprint density at radius 2 is 1.50 bits per heavy atom. The molecule has 26 heavy (non-hydrogen) atoms. The fourth-order valence-electron chi connectivity index (χ4n) is 3.56. The maximum absolute atomic E-state index is 12.5. The van der Waals surface area contributed by atoms with Crippen molar-refractivity contribution in [2.45, 2.75) is 19.3 Å². The van der Waals surface area contributed by atoms with Crippen LogP contribution in [0.15, 0.2) is 36.8 Å². The van der Waals surface area contributed by atoms with Crippen LogP contribution in [0.2, 0.25) is 0 Å². The van der Waals surface area contributed by atoms with E-state index in [0.717, 1.165) is 63.7 Å². The van der Waals surface area contributed by atoms with Gasteiger partial charge in [0, 0.05) is 45.5 Å². The molecule has 0 radical (unpaired) electrons. The monoisotopic (exact) mass is 352 g/mol. The van der Waals surface area contributed by atoms with Crippen molar-refractivity contribution in [3.8, 4) is 0 Å². The first-order valence-electron chi connectivity index (χ1n) is 9.33. The quantitative estimate of drug-likeness (QED) is 0.840. The van der Waals surface area contributed by atoms with Crippen molar-refractivity contribution in [1.29, 1.82) is 0 Å². The normalized spacial score (nSPS) is 18.1. The molecular formula is C19H24N6O. The van der Waals surface area contributed by atoms with Gasteiger partial charge in [0.1, 0.15) is 17.3 Å². The molecule has 2 aliphatic rings. The van der Waals surface area contributed by atoms with Gasteiger partial charge >= 0.3 is 0 Å². The van der Waals surface area contributed by atoms with Gasteiger partial charge in [-0.25, -0.2) is 15.0 Å². The highest BCUT2D eigenvalue weighted by atomic mass is 16.2. The predicted octanol–water partition coefficient (Wildman–Crippen LogP) is 1.82. The van der Waals surface area contributed by atoms with Gasteiger partial charge in [-0.15, -0.1) is 0 Å². The van der Waals surface area contributed by atoms with Crippen LogP contribution in [0.1, 0.15) is 29.8 Å². The highest BCUT2D eigenvalue weighted by molar-refractivity contribution is 5.92. The minimum absolute atomic E-state index is 0.00345. The summed E-state index contributed by atoms with van der Waals surface area (Å²) in [5.74, 6) is 1.85. The van der Waals surface area contributed by atoms with Gasteiger partial charge in [0.05, 0.1) is 12.4 Å². The molecule has 2 saturated heterocycles. The topological polar surface area (TPSA) is 65.5 Å². The Morgan fingerprint density at radius 3 is 2.12 bits per heavy atom. The van der Waals surface area contributed by atoms with Crippen LogP contribution in [0.3, 0.4) is 0 Å². The van der Waals surface area contributed by atoms with Crippen LogP contribution in [0, 0.1) is 0 Å². The van der Waals surface area contributed by atoms with Crippen LogP contribution in [0.5, 0.6) is 0 Å². The molecule has 2 fully saturated rings. The average Bonchev–Trinajstić information content (AvgIpc) is 2.75. The van der Waals surface area contributed by atoms with Crippen molar-refractivity contribution in [1.82, 2.24) is 19.9 Å². The van der Waals surface area contributed by atoms with Crippen LogP contribution in [0.4, 0.5) is 11.6 Å². The lowest BCUT2D eigenvalue weighted by atomic mass is 10.1. The molecule has 0 spiro atoms. The Morgan fingerprint density at radius 1 is 0.769 bits per heavy atom. The molecule has 2 aromatic heterocycles. The van der Waals surface area contributed by atoms with Gasteiger partial charge in [-0.2, -0.15) is 0 Å². The zero-order chi connectivity index (χ0) is 17.8. The number of amides is 1. The Hall–Kier alpha value is -2.70. The van der Waals surface area contributed by atoms with Crippen LogP contribution < -0.4 is 9.80 Å². The first-order chi connectivity index (χ1) is 12.8. The van der Waals surface area contributed by atoms with E-state index >= 15 is 0 Å². The summed E-state index contributed by atoms with van der Waals surface area (Å²) in [6.45, 7) is 5.19. The molecule has 0 aliphatic carbocycles. The molecule has 0 N–H and O–H groups in total. The van der Waals surface area contributed by atoms with E-state index in [9.17, 15) is 4.79 Å². The summed E-state index contributed by atoms with van der Waals surface area (Å²) in [4.78, 5) is 32.2. The summed E-state index contributed by atoms with van der Waals surface area (Å²) in [6, 6.07) is 5.98. The van der Waals surface area contributed by atoms with Crippen LogP contribution in [0.25, 0.3) is 0 Å². The van der Waals surface area contributed by atoms with E-state index in [1.807, 2.05) is 29.3 Å². The van der Waals surface area contributed by atoms with Gasteiger partial charge in [-0.05, 0) is 31.4 Å². The molecule has 4 heterocycles. The molecule has 0 bridgehead atoms. The van der Waals surface area contributed by atoms with E-state index in [1.54, 1.807) is 12.4 Å². The smallest absolute Gasteiger partial charge is 0.274 e. The number of piperazine rings is 1. The van der Waals surface area contributed by atoms with E-state index in [2.05, 4.69) is 24.8 Å². The predicted molar refractivity (Wildman–Crippen MR) is 100 cm³/mol. The van der Waals surface area contributed by atoms with Crippen molar-refractivity contribution in [3.63, 3.8) is 0 Å². The summed E-state index contributed by atoms with van der Waals surface area (Å²) < 4.78 is 0. The summed E-state index contributed by atoms with van der Waals surface area (Å²) in [5, 5.41) is 0. The van der Waals surface area contributed by atoms with E-state index < -0.39 is 0 Å². The second kappa shape index (κ2) is 7.68. The van der Waals surface area contributed by atoms with Crippen molar-refractivity contribution >= 4 is 17.5 Å². The average molecular weight is 352 g/mol. The third-order valence-electron chi connectivity index (χ3n) is 5.08. The largest absolute Gasteiger partial charge is 0.353 e. The number of hydrogen-bond donors (Lipinski definition) is 0. The van der Waals surface area contributed by atoms with Gasteiger partial charge in [-0.3, -0.25) is 4.79 Å². The summed E-state index contributed by atoms with van der Waals surface area (Å²) >= 11 is 0. The van der Waals surface area contributed by atoms with E-state index in [-0.39, 0.29) is 5.91 Å². The molecule has 2 aliphatic heterocycles. The number of pyridine rings is 1. The lowest BCUT2D eigenvalue weighted by molar-refractivity contribution is 0.0718. The van der Waals surface area contributed by atoms with Crippen LogP contribution in [-0.2, 0) is 0 Å². The molecule has 7 nitrogen and oxygen atoms in total. The summed E-state index contributed by atoms with van der Waals surface area (Å²) in [6.07, 6.45) is 8.55. The Bertz CT molecular complexity index is 721. The molecule has 0 atom stereocenters. The van der Waals surface area contributed by atoms with Crippen LogP contribution >= 0.6 is 0 Å². The van der Waals surface area contributed by atoms with E-state index in [4.69, 9.17) is 0 Å². The molecule has 2 aromatic rings. The van der Waals surface area contributed by atoms with Gasteiger partial charge in [0.15, 0.2) is 0 Å². The third-order valence-corrected chi connectivity index (χ3v) is 5.08. The lowest BCUT2D eigenvalue weighted by Gasteiger charge is -2.35. The number of carbonyl (C=O) groups excluding carboxylic acids is 1. The number of carbonyl (C=O) groups is 1. The minimum atomic E-state index is 0.00345. The number of nitrogens with zero attached hydrogens (tertiary/aromatic N) is 6. The van der Waals surface area contributed by atoms with Crippen molar-refractivity contribution in [2.75, 3.05) is 49.1 Å². The zero-order valence-electron chi connectivity index (χ0n) is 14.9. The fraction of sp³-hybridized carbons (Fsp3) is 0.474. The maximum atomic E-state index is 12.5. The number of likely N-dealkylation sites (tertiary alicyclic amines) is 1. The van der Waals surface area contributed by atoms with E-state index in [1.165, 1.54) is 6.42 Å². The number of rotatable bonds is 3. The standard InChI is InChI=1S/C19H24N6O/c26-19(25-8-4-1-5-9-25)16-14-22-18(15-21-16)24-12-10-23(11-13-24)17-6-2-3-7-20-17/h2-3,6-7,14-15H,1,4-5,8-13H2. The fourth-order valence-corrected chi connectivity index (χ4v) is 3.56. The maximum Gasteiger partial charge on any atom is 0.274 e. The summed E-state index contributed by atoms with van der Waals surface area (Å²) in [7, 11) is 0. The molecule has 7 heteroatoms. The molecular weight excluding hydrogens is 328 g/mol. The third kappa shape index (κ3) is 3.61. The molecule has 136 valence electrons. The molecule has 0 saturated carbocycles. The second-order valence-electron chi connectivity index (χ2n) is 6.77. The first kappa shape index (κ1) is 16.8. The van der Waals surface area contributed by atoms with Crippen LogP contribution in [-0.4, -0.2) is 65.0 Å². The molecule has 0 unspecified atom stereocenters. The second-order valence-corrected chi connectivity index (χ2v) is 6.77. The lowest BCUT2D eigenvalue weighted by Crippen LogP contribution is -2.47. The zero-order valence-corrected chi connectivity index (χ0v) is 14.9. The number of hydrogen-bond acceptors (Lipinski definition) is 6. The molecule has 1 amide bonds. The van der Waals surface area contributed by atoms with Gasteiger partial charge < -0.3 is 14.7 Å². The first-order valence-corrected chi connectivity index (χ1v) is 9.33. The highest BCUT2D eigenvalue weighted by Gasteiger charge is 2.22. The summed E-state index contributed by atoms with van der Waals surface area (Å²) in [5.41, 5.74) is 0.447. The molecule has 4 rings (SSSR count). The highest BCUT2D eigenvalue weighted by Crippen LogP contribution is 2.17. The van der Waals surface area contributed by atoms with E-state index in [0.29, 0.717) is 5.69 Å². The van der Waals surface area contributed by atoms with Gasteiger partial charge in [-0.1, -0.05) is 6.07 Å². The Labute approximate surface area is 153 Å². The Kier molecular flexibility index (Phi) is 4.95. The minimum Gasteiger partial charge on any atom is -0.353 e. The number of aromatic nitrogens is 3. The van der Waals surface area contributed by atoms with Crippen molar-refractivity contribution < 1.29 is 4.79 Å².